The molecule has 1 saturated carbocycles. The molecule has 1 aliphatic carbocycles. The Balaban J connectivity index is 2.13. The topological polar surface area (TPSA) is 32.3 Å². The van der Waals surface area contributed by atoms with E-state index in [0.29, 0.717) is 16.6 Å². The average Bonchev–Trinajstić information content (AvgIpc) is 2.69. The molecule has 0 bridgehead atoms. The van der Waals surface area contributed by atoms with Crippen LogP contribution in [0.15, 0.2) is 18.2 Å². The molecular weight excluding hydrogens is 272 g/mol. The Morgan fingerprint density at radius 1 is 1.20 bits per heavy atom. The van der Waals surface area contributed by atoms with Crippen molar-refractivity contribution in [1.82, 2.24) is 4.90 Å². The van der Waals surface area contributed by atoms with Crippen LogP contribution in [0.25, 0.3) is 0 Å². The molecule has 1 amide bonds. The highest BCUT2D eigenvalue weighted by Crippen LogP contribution is 2.27. The molecule has 110 valence electrons. The van der Waals surface area contributed by atoms with Crippen molar-refractivity contribution < 1.29 is 4.79 Å². The molecule has 0 spiro atoms. The zero-order valence-corrected chi connectivity index (χ0v) is 13.0. The molecule has 0 unspecified atom stereocenters. The molecule has 20 heavy (non-hydrogen) atoms. The van der Waals surface area contributed by atoms with Gasteiger partial charge in [0.05, 0.1) is 10.7 Å². The number of anilines is 1. The third-order valence-electron chi connectivity index (χ3n) is 3.83. The number of hydrogen-bond acceptors (Lipinski definition) is 2. The largest absolute Gasteiger partial charge is 0.381 e. The zero-order valence-electron chi connectivity index (χ0n) is 12.3. The summed E-state index contributed by atoms with van der Waals surface area (Å²) in [5.41, 5.74) is 1.56. The molecule has 0 heterocycles. The fourth-order valence-electron chi connectivity index (χ4n) is 2.67. The Kier molecular flexibility index (Phi) is 5.30. The summed E-state index contributed by atoms with van der Waals surface area (Å²) in [6, 6.07) is 5.93. The Morgan fingerprint density at radius 2 is 1.85 bits per heavy atom. The summed E-state index contributed by atoms with van der Waals surface area (Å²) in [7, 11) is 3.52. The molecule has 1 aliphatic rings. The summed E-state index contributed by atoms with van der Waals surface area (Å²) in [5.74, 6) is 0.00517. The van der Waals surface area contributed by atoms with Crippen molar-refractivity contribution >= 4 is 23.2 Å². The van der Waals surface area contributed by atoms with Gasteiger partial charge >= 0.3 is 0 Å². The lowest BCUT2D eigenvalue weighted by atomic mass is 10.1. The molecule has 2 rings (SSSR count). The molecule has 1 N–H and O–H groups in total. The summed E-state index contributed by atoms with van der Waals surface area (Å²) in [4.78, 5) is 13.6. The van der Waals surface area contributed by atoms with Crippen LogP contribution in [-0.2, 0) is 0 Å². The summed E-state index contributed by atoms with van der Waals surface area (Å²) >= 11 is 6.25. The highest BCUT2D eigenvalue weighted by molar-refractivity contribution is 6.33. The lowest BCUT2D eigenvalue weighted by Crippen LogP contribution is -2.22. The number of benzene rings is 1. The third kappa shape index (κ3) is 3.89. The second kappa shape index (κ2) is 6.98. The SMILES string of the molecule is CN(C)C(=O)c1ccc(Cl)c(NC2CCCCCC2)c1. The van der Waals surface area contributed by atoms with Crippen molar-refractivity contribution in [2.75, 3.05) is 19.4 Å². The first-order valence-electron chi connectivity index (χ1n) is 7.35. The van der Waals surface area contributed by atoms with Gasteiger partial charge in [0.2, 0.25) is 0 Å². The van der Waals surface area contributed by atoms with Gasteiger partial charge in [-0.3, -0.25) is 4.79 Å². The zero-order chi connectivity index (χ0) is 14.5. The minimum Gasteiger partial charge on any atom is -0.381 e. The van der Waals surface area contributed by atoms with E-state index in [-0.39, 0.29) is 5.91 Å². The molecule has 0 aliphatic heterocycles. The molecule has 3 nitrogen and oxygen atoms in total. The van der Waals surface area contributed by atoms with Gasteiger partial charge in [-0.2, -0.15) is 0 Å². The Labute approximate surface area is 126 Å². The molecule has 0 radical (unpaired) electrons. The predicted octanol–water partition coefficient (Wildman–Crippen LogP) is 4.18. The van der Waals surface area contributed by atoms with Crippen molar-refractivity contribution in [3.63, 3.8) is 0 Å². The maximum atomic E-state index is 12.0. The maximum absolute atomic E-state index is 12.0. The van der Waals surface area contributed by atoms with Crippen LogP contribution in [-0.4, -0.2) is 30.9 Å². The van der Waals surface area contributed by atoms with Crippen LogP contribution in [0, 0.1) is 0 Å². The molecule has 4 heteroatoms. The monoisotopic (exact) mass is 294 g/mol. The van der Waals surface area contributed by atoms with Crippen LogP contribution < -0.4 is 5.32 Å². The number of halogens is 1. The van der Waals surface area contributed by atoms with Crippen molar-refractivity contribution in [3.8, 4) is 0 Å². The summed E-state index contributed by atoms with van der Waals surface area (Å²) in [6.45, 7) is 0. The summed E-state index contributed by atoms with van der Waals surface area (Å²) in [5, 5.41) is 4.21. The van der Waals surface area contributed by atoms with E-state index >= 15 is 0 Å². The van der Waals surface area contributed by atoms with Crippen molar-refractivity contribution in [2.24, 2.45) is 0 Å². The van der Waals surface area contributed by atoms with Crippen molar-refractivity contribution in [2.45, 2.75) is 44.6 Å². The van der Waals surface area contributed by atoms with Gasteiger partial charge < -0.3 is 10.2 Å². The lowest BCUT2D eigenvalue weighted by Gasteiger charge is -2.19. The van der Waals surface area contributed by atoms with Crippen LogP contribution in [0.4, 0.5) is 5.69 Å². The van der Waals surface area contributed by atoms with Gasteiger partial charge in [-0.15, -0.1) is 0 Å². The van der Waals surface area contributed by atoms with Gasteiger partial charge in [-0.1, -0.05) is 37.3 Å². The number of amides is 1. The van der Waals surface area contributed by atoms with Gasteiger partial charge in [0, 0.05) is 25.7 Å². The standard InChI is InChI=1S/C16H23ClN2O/c1-19(2)16(20)12-9-10-14(17)15(11-12)18-13-7-5-3-4-6-8-13/h9-11,13,18H,3-8H2,1-2H3. The van der Waals surface area contributed by atoms with Gasteiger partial charge in [0.15, 0.2) is 0 Å². The normalized spacial score (nSPS) is 16.6. The van der Waals surface area contributed by atoms with Gasteiger partial charge in [0.1, 0.15) is 0 Å². The predicted molar refractivity (Wildman–Crippen MR) is 84.6 cm³/mol. The molecule has 0 aromatic heterocycles. The summed E-state index contributed by atoms with van der Waals surface area (Å²) in [6.07, 6.45) is 7.55. The minimum absolute atomic E-state index is 0.00517. The first-order chi connectivity index (χ1) is 9.58. The molecule has 1 fully saturated rings. The van der Waals surface area contributed by atoms with Crippen molar-refractivity contribution in [3.05, 3.63) is 28.8 Å². The smallest absolute Gasteiger partial charge is 0.253 e. The third-order valence-corrected chi connectivity index (χ3v) is 4.16. The molecule has 1 aromatic carbocycles. The fourth-order valence-corrected chi connectivity index (χ4v) is 2.84. The number of carbonyl (C=O) groups is 1. The Bertz CT molecular complexity index is 466. The first kappa shape index (κ1) is 15.2. The number of hydrogen-bond donors (Lipinski definition) is 1. The molecule has 0 atom stereocenters. The van der Waals surface area contributed by atoms with E-state index in [2.05, 4.69) is 5.32 Å². The Hall–Kier alpha value is -1.22. The van der Waals surface area contributed by atoms with E-state index in [9.17, 15) is 4.79 Å². The second-order valence-electron chi connectivity index (χ2n) is 5.73. The summed E-state index contributed by atoms with van der Waals surface area (Å²) < 4.78 is 0. The second-order valence-corrected chi connectivity index (χ2v) is 6.13. The van der Waals surface area contributed by atoms with E-state index < -0.39 is 0 Å². The lowest BCUT2D eigenvalue weighted by molar-refractivity contribution is 0.0827. The van der Waals surface area contributed by atoms with Gasteiger partial charge in [-0.05, 0) is 31.0 Å². The van der Waals surface area contributed by atoms with Gasteiger partial charge in [-0.25, -0.2) is 0 Å². The van der Waals surface area contributed by atoms with E-state index in [1.807, 2.05) is 6.07 Å². The van der Waals surface area contributed by atoms with E-state index in [4.69, 9.17) is 11.6 Å². The quantitative estimate of drug-likeness (QED) is 0.848. The fraction of sp³-hybridized carbons (Fsp3) is 0.562. The number of nitrogens with one attached hydrogen (secondary N) is 1. The van der Waals surface area contributed by atoms with E-state index in [1.54, 1.807) is 31.1 Å². The van der Waals surface area contributed by atoms with Crippen LogP contribution >= 0.6 is 11.6 Å². The van der Waals surface area contributed by atoms with E-state index in [0.717, 1.165) is 5.69 Å². The van der Waals surface area contributed by atoms with Crippen LogP contribution in [0.1, 0.15) is 48.9 Å². The number of nitrogens with zero attached hydrogens (tertiary/aromatic N) is 1. The Morgan fingerprint density at radius 3 is 2.45 bits per heavy atom. The molecule has 0 saturated heterocycles. The molecular formula is C16H23ClN2O. The average molecular weight is 295 g/mol. The van der Waals surface area contributed by atoms with Gasteiger partial charge in [0.25, 0.3) is 5.91 Å². The van der Waals surface area contributed by atoms with Crippen LogP contribution in [0.2, 0.25) is 5.02 Å². The maximum Gasteiger partial charge on any atom is 0.253 e. The van der Waals surface area contributed by atoms with Crippen LogP contribution in [0.3, 0.4) is 0 Å². The molecule has 1 aromatic rings. The first-order valence-corrected chi connectivity index (χ1v) is 7.73. The van der Waals surface area contributed by atoms with Crippen LogP contribution in [0.5, 0.6) is 0 Å². The van der Waals surface area contributed by atoms with E-state index in [1.165, 1.54) is 38.5 Å². The minimum atomic E-state index is 0.00517. The number of rotatable bonds is 3. The number of carbonyl (C=O) groups excluding carboxylic acids is 1. The highest BCUT2D eigenvalue weighted by atomic mass is 35.5. The van der Waals surface area contributed by atoms with Crippen molar-refractivity contribution in [1.29, 1.82) is 0 Å². The highest BCUT2D eigenvalue weighted by Gasteiger charge is 2.15.